The van der Waals surface area contributed by atoms with E-state index >= 15 is 0 Å². The van der Waals surface area contributed by atoms with Crippen molar-refractivity contribution in [3.05, 3.63) is 101 Å². The number of anilines is 1. The molecule has 8 amide bonds. The Morgan fingerprint density at radius 1 is 0.642 bits per heavy atom. The second-order valence-electron chi connectivity index (χ2n) is 25.1. The van der Waals surface area contributed by atoms with Gasteiger partial charge in [0.05, 0.1) is 102 Å². The van der Waals surface area contributed by atoms with Crippen LogP contribution in [0, 0.1) is 35.5 Å². The molecule has 1 saturated heterocycles. The first kappa shape index (κ1) is 77.9. The molecular formula is C71H102N8O16. The number of likely N-dealkylation sites (N-methyl/N-ethyl adjacent to an activating group) is 2. The first-order valence-corrected chi connectivity index (χ1v) is 33.3. The molecule has 24 heteroatoms. The highest BCUT2D eigenvalue weighted by molar-refractivity contribution is 5.96. The van der Waals surface area contributed by atoms with Crippen molar-refractivity contribution in [2.75, 3.05) is 91.5 Å². The molecule has 1 fully saturated rings. The summed E-state index contributed by atoms with van der Waals surface area (Å²) >= 11 is 0. The third-order valence-corrected chi connectivity index (χ3v) is 17.4. The number of carboxylic acid groups (broad SMARTS) is 1. The molecule has 7 N–H and O–H groups in total. The molecule has 0 radical (unpaired) electrons. The highest BCUT2D eigenvalue weighted by Crippen LogP contribution is 2.29. The Morgan fingerprint density at radius 2 is 1.23 bits per heavy atom. The molecule has 2 aliphatic rings. The van der Waals surface area contributed by atoms with Crippen molar-refractivity contribution in [3.8, 4) is 11.8 Å². The average Bonchev–Trinajstić information content (AvgIpc) is 1.56. The van der Waals surface area contributed by atoms with Crippen molar-refractivity contribution in [2.45, 2.75) is 162 Å². The fourth-order valence-corrected chi connectivity index (χ4v) is 11.8. The van der Waals surface area contributed by atoms with Crippen LogP contribution in [0.15, 0.2) is 78.9 Å². The molecule has 2 heterocycles. The standard InChI is InChI=1S/C71H102N8O16/c1-10-49(6)66(58(80)45-63(85)78-35-19-26-57(78)67(86)50(7)68(87)74-55(71(90)91)44-51-20-12-11-13-21-51)77(9)70(89)64(47(2)3)75-69(88)65(48(4)5)76(8)61(83)28-18-27-59(81)73-34-37-93-39-41-95-43-42-94-40-38-92-36-32-60(82)72-33-31-62(84)79-46-54-24-15-14-22-52(54)29-30-53-23-16-17-25-56(53)79/h11-17,20-25,47-50,55,57-58,64-67,80,86H,10,18-19,26-28,31-46H2,1-9H3,(H,72,82)(H,73,81)(H,74,87)(H,75,88)(H,90,91)/t49-,50+,55-,57-,58+,64-,65-,66-,67+/m0/s1. The monoisotopic (exact) mass is 1320 g/mol. The summed E-state index contributed by atoms with van der Waals surface area (Å²) in [5, 5.41) is 44.2. The topological polar surface area (TPSA) is 312 Å². The van der Waals surface area contributed by atoms with Gasteiger partial charge in [-0.05, 0) is 66.3 Å². The van der Waals surface area contributed by atoms with Crippen molar-refractivity contribution in [3.63, 3.8) is 0 Å². The van der Waals surface area contributed by atoms with Crippen molar-refractivity contribution in [1.29, 1.82) is 0 Å². The van der Waals surface area contributed by atoms with Gasteiger partial charge in [-0.15, -0.1) is 0 Å². The summed E-state index contributed by atoms with van der Waals surface area (Å²) in [5.41, 5.74) is 4.05. The number of nitrogens with zero attached hydrogens (tertiary/aromatic N) is 4. The lowest BCUT2D eigenvalue weighted by Gasteiger charge is -2.40. The summed E-state index contributed by atoms with van der Waals surface area (Å²) in [6.45, 7) is 15.7. The zero-order chi connectivity index (χ0) is 69.6. The normalized spacial score (nSPS) is 16.0. The Labute approximate surface area is 559 Å². The third kappa shape index (κ3) is 24.7. The molecule has 3 aromatic carbocycles. The fourth-order valence-electron chi connectivity index (χ4n) is 11.8. The summed E-state index contributed by atoms with van der Waals surface area (Å²) in [6.07, 6.45) is -1.15. The van der Waals surface area contributed by atoms with E-state index in [9.17, 15) is 58.5 Å². The molecule has 9 atom stereocenters. The molecule has 24 nitrogen and oxygen atoms in total. The first-order chi connectivity index (χ1) is 45.4. The lowest BCUT2D eigenvalue weighted by molar-refractivity contribution is -0.147. The van der Waals surface area contributed by atoms with Gasteiger partial charge in [0.25, 0.3) is 0 Å². The number of amides is 8. The fraction of sp³-hybridized carbons (Fsp3) is 0.592. The molecule has 0 aliphatic carbocycles. The van der Waals surface area contributed by atoms with E-state index in [0.29, 0.717) is 71.0 Å². The van der Waals surface area contributed by atoms with Gasteiger partial charge in [0, 0.05) is 77.0 Å². The van der Waals surface area contributed by atoms with E-state index in [0.717, 1.165) is 22.4 Å². The van der Waals surface area contributed by atoms with Crippen molar-refractivity contribution >= 4 is 58.9 Å². The summed E-state index contributed by atoms with van der Waals surface area (Å²) in [7, 11) is 3.03. The van der Waals surface area contributed by atoms with Crippen LogP contribution in [0.4, 0.5) is 5.69 Å². The zero-order valence-corrected chi connectivity index (χ0v) is 56.9. The number of carbonyl (C=O) groups is 9. The van der Waals surface area contributed by atoms with Crippen LogP contribution >= 0.6 is 0 Å². The number of nitrogens with one attached hydrogen (secondary N) is 4. The summed E-state index contributed by atoms with van der Waals surface area (Å²) in [6, 6.07) is 19.1. The molecule has 0 aromatic heterocycles. The molecule has 5 rings (SSSR count). The Balaban J connectivity index is 0.927. The number of aliphatic carboxylic acids is 1. The molecular weight excluding hydrogens is 1220 g/mol. The van der Waals surface area contributed by atoms with Crippen LogP contribution in [0.25, 0.3) is 0 Å². The van der Waals surface area contributed by atoms with Crippen LogP contribution in [0.2, 0.25) is 0 Å². The number of ether oxygens (including phenoxy) is 4. The van der Waals surface area contributed by atoms with Crippen LogP contribution in [-0.2, 0) is 75.1 Å². The number of rotatable bonds is 41. The smallest absolute Gasteiger partial charge is 0.326 e. The minimum atomic E-state index is -1.37. The molecule has 2 aliphatic heterocycles. The minimum Gasteiger partial charge on any atom is -0.480 e. The number of hydrogen-bond acceptors (Lipinski definition) is 15. The number of para-hydroxylation sites is 1. The van der Waals surface area contributed by atoms with E-state index < -0.39 is 90.3 Å². The van der Waals surface area contributed by atoms with Crippen molar-refractivity contribution < 1.29 is 77.4 Å². The Kier molecular flexibility index (Phi) is 33.3. The van der Waals surface area contributed by atoms with Gasteiger partial charge in [0.2, 0.25) is 47.3 Å². The molecule has 95 heavy (non-hydrogen) atoms. The number of hydrogen-bond donors (Lipinski definition) is 7. The number of benzene rings is 3. The molecule has 3 aromatic rings. The first-order valence-electron chi connectivity index (χ1n) is 33.3. The van der Waals surface area contributed by atoms with Gasteiger partial charge in [-0.1, -0.05) is 127 Å². The van der Waals surface area contributed by atoms with Gasteiger partial charge in [0.1, 0.15) is 18.1 Å². The number of aliphatic hydroxyl groups excluding tert-OH is 2. The maximum atomic E-state index is 14.5. The number of likely N-dealkylation sites (tertiary alicyclic amines) is 1. The van der Waals surface area contributed by atoms with E-state index in [2.05, 4.69) is 33.1 Å². The van der Waals surface area contributed by atoms with Crippen molar-refractivity contribution in [2.24, 2.45) is 23.7 Å². The number of aliphatic hydroxyl groups is 2. The number of carboxylic acids is 1. The van der Waals surface area contributed by atoms with E-state index in [1.807, 2.05) is 62.4 Å². The highest BCUT2D eigenvalue weighted by Gasteiger charge is 2.43. The van der Waals surface area contributed by atoms with Gasteiger partial charge < -0.3 is 75.1 Å². The van der Waals surface area contributed by atoms with Gasteiger partial charge >= 0.3 is 5.97 Å². The van der Waals surface area contributed by atoms with Crippen LogP contribution in [0.3, 0.4) is 0 Å². The number of fused-ring (bicyclic) bond motifs is 2. The summed E-state index contributed by atoms with van der Waals surface area (Å²) in [5.74, 6) is -0.261. The largest absolute Gasteiger partial charge is 0.480 e. The molecule has 0 spiro atoms. The minimum absolute atomic E-state index is 0.0181. The lowest BCUT2D eigenvalue weighted by Crippen LogP contribution is -2.60. The molecule has 0 saturated carbocycles. The maximum absolute atomic E-state index is 14.5. The highest BCUT2D eigenvalue weighted by atomic mass is 16.6. The Bertz CT molecular complexity index is 3050. The second-order valence-corrected chi connectivity index (χ2v) is 25.1. The van der Waals surface area contributed by atoms with Gasteiger partial charge in [-0.25, -0.2) is 4.79 Å². The molecule has 0 unspecified atom stereocenters. The van der Waals surface area contributed by atoms with Crippen molar-refractivity contribution in [1.82, 2.24) is 36.0 Å². The quantitative estimate of drug-likeness (QED) is 0.0309. The SMILES string of the molecule is CC[C@H](C)[C@@H]([C@H](O)CC(=O)N1CCC[C@H]1[C@H](O)[C@@H](C)C(=O)N[C@@H](Cc1ccccc1)C(=O)O)N(C)C(=O)[C@@H](NC(=O)[C@H](C(C)C)N(C)C(=O)CCCC(=O)NCCOCCOCCOCCOCCC(=O)NCCC(=O)N1Cc2ccccc2C#Cc2ccccc21)C(C)C. The summed E-state index contributed by atoms with van der Waals surface area (Å²) < 4.78 is 22.2. The zero-order valence-electron chi connectivity index (χ0n) is 56.9. The van der Waals surface area contributed by atoms with E-state index in [1.165, 1.54) is 35.7 Å². The molecule has 522 valence electrons. The van der Waals surface area contributed by atoms with E-state index in [1.54, 1.807) is 62.9 Å². The van der Waals surface area contributed by atoms with Gasteiger partial charge in [-0.3, -0.25) is 38.4 Å². The van der Waals surface area contributed by atoms with Gasteiger partial charge in [0.15, 0.2) is 0 Å². The number of carbonyl (C=O) groups excluding carboxylic acids is 8. The van der Waals surface area contributed by atoms with Crippen LogP contribution in [-0.4, -0.2) is 212 Å². The molecule has 0 bridgehead atoms. The average molecular weight is 1320 g/mol. The Morgan fingerprint density at radius 3 is 1.87 bits per heavy atom. The predicted molar refractivity (Wildman–Crippen MR) is 357 cm³/mol. The third-order valence-electron chi connectivity index (χ3n) is 17.4. The van der Waals surface area contributed by atoms with E-state index in [4.69, 9.17) is 18.9 Å². The Hall–Kier alpha value is -7.79. The van der Waals surface area contributed by atoms with Gasteiger partial charge in [-0.2, -0.15) is 0 Å². The van der Waals surface area contributed by atoms with Crippen LogP contribution in [0.1, 0.15) is 129 Å². The second kappa shape index (κ2) is 40.6. The predicted octanol–water partition coefficient (Wildman–Crippen LogP) is 4.23. The van der Waals surface area contributed by atoms with Crippen LogP contribution < -0.4 is 26.2 Å². The van der Waals surface area contributed by atoms with Crippen LogP contribution in [0.5, 0.6) is 0 Å². The summed E-state index contributed by atoms with van der Waals surface area (Å²) in [4.78, 5) is 126. The maximum Gasteiger partial charge on any atom is 0.326 e. The lowest BCUT2D eigenvalue weighted by atomic mass is 9.89. The van der Waals surface area contributed by atoms with E-state index in [-0.39, 0.29) is 107 Å².